The van der Waals surface area contributed by atoms with Crippen LogP contribution in [0.4, 0.5) is 5.69 Å². The number of pyridine rings is 1. The molecule has 0 amide bonds. The van der Waals surface area contributed by atoms with Crippen molar-refractivity contribution in [3.05, 3.63) is 66.5 Å². The van der Waals surface area contributed by atoms with E-state index in [1.165, 1.54) is 5.56 Å². The molecule has 2 nitrogen and oxygen atoms in total. The lowest BCUT2D eigenvalue weighted by Crippen LogP contribution is -1.71. The largest absolute Gasteiger partial charge is 0.262 e. The number of aromatic nitrogens is 1. The summed E-state index contributed by atoms with van der Waals surface area (Å²) in [5, 5.41) is 0. The number of aliphatic imine (C=N–C) groups is 1. The first kappa shape index (κ1) is 10.3. The van der Waals surface area contributed by atoms with E-state index in [4.69, 9.17) is 0 Å². The maximum absolute atomic E-state index is 4.25. The minimum atomic E-state index is 0.861. The van der Waals surface area contributed by atoms with Gasteiger partial charge in [-0.1, -0.05) is 36.4 Å². The summed E-state index contributed by atoms with van der Waals surface area (Å²) < 4.78 is 0. The highest BCUT2D eigenvalue weighted by molar-refractivity contribution is 5.80. The molecule has 2 rings (SSSR count). The van der Waals surface area contributed by atoms with E-state index in [0.717, 1.165) is 5.69 Å². The highest BCUT2D eigenvalue weighted by Crippen LogP contribution is 2.06. The second-order valence-corrected chi connectivity index (χ2v) is 3.26. The van der Waals surface area contributed by atoms with Crippen LogP contribution in [0.5, 0.6) is 0 Å². The summed E-state index contributed by atoms with van der Waals surface area (Å²) in [4.78, 5) is 8.23. The third kappa shape index (κ3) is 3.17. The van der Waals surface area contributed by atoms with Crippen molar-refractivity contribution < 1.29 is 0 Å². The molecule has 0 aliphatic carbocycles. The van der Waals surface area contributed by atoms with Gasteiger partial charge in [0, 0.05) is 12.4 Å². The van der Waals surface area contributed by atoms with Crippen molar-refractivity contribution >= 4 is 18.0 Å². The first-order valence-electron chi connectivity index (χ1n) is 5.11. The van der Waals surface area contributed by atoms with E-state index < -0.39 is 0 Å². The predicted octanol–water partition coefficient (Wildman–Crippen LogP) is 3.50. The summed E-state index contributed by atoms with van der Waals surface area (Å²) in [7, 11) is 0. The van der Waals surface area contributed by atoms with Crippen LogP contribution in [0.15, 0.2) is 65.9 Å². The molecule has 1 heterocycles. The van der Waals surface area contributed by atoms with Crippen LogP contribution in [0.2, 0.25) is 0 Å². The van der Waals surface area contributed by atoms with Gasteiger partial charge in [-0.2, -0.15) is 0 Å². The van der Waals surface area contributed by atoms with Gasteiger partial charge >= 0.3 is 0 Å². The van der Waals surface area contributed by atoms with Gasteiger partial charge in [0.25, 0.3) is 0 Å². The zero-order chi connectivity index (χ0) is 11.1. The molecule has 1 aromatic heterocycles. The van der Waals surface area contributed by atoms with Crippen LogP contribution in [0.25, 0.3) is 6.08 Å². The summed E-state index contributed by atoms with van der Waals surface area (Å²) in [5.41, 5.74) is 2.03. The SMILES string of the molecule is C(/C=C\c1ccccc1)=Nc1cccnc1. The van der Waals surface area contributed by atoms with Crippen LogP contribution in [0.3, 0.4) is 0 Å². The number of rotatable bonds is 3. The molecular weight excluding hydrogens is 196 g/mol. The third-order valence-electron chi connectivity index (χ3n) is 2.04. The van der Waals surface area contributed by atoms with Crippen molar-refractivity contribution in [2.24, 2.45) is 4.99 Å². The smallest absolute Gasteiger partial charge is 0.0812 e. The average molecular weight is 208 g/mol. The van der Waals surface area contributed by atoms with Gasteiger partial charge in [0.15, 0.2) is 0 Å². The fourth-order valence-electron chi connectivity index (χ4n) is 1.28. The van der Waals surface area contributed by atoms with E-state index in [9.17, 15) is 0 Å². The number of hydrogen-bond donors (Lipinski definition) is 0. The zero-order valence-electron chi connectivity index (χ0n) is 8.82. The Morgan fingerprint density at radius 3 is 2.62 bits per heavy atom. The molecule has 0 aliphatic rings. The Morgan fingerprint density at radius 2 is 1.88 bits per heavy atom. The summed E-state index contributed by atoms with van der Waals surface area (Å²) in [6, 6.07) is 13.9. The van der Waals surface area contributed by atoms with Crippen molar-refractivity contribution in [3.8, 4) is 0 Å². The normalized spacial score (nSPS) is 11.2. The molecule has 0 bridgehead atoms. The molecule has 78 valence electrons. The summed E-state index contributed by atoms with van der Waals surface area (Å²) in [5.74, 6) is 0. The summed E-state index contributed by atoms with van der Waals surface area (Å²) >= 11 is 0. The van der Waals surface area contributed by atoms with Gasteiger partial charge in [-0.15, -0.1) is 0 Å². The van der Waals surface area contributed by atoms with Gasteiger partial charge in [0.05, 0.1) is 11.9 Å². The summed E-state index contributed by atoms with van der Waals surface area (Å²) in [6.45, 7) is 0. The Hall–Kier alpha value is -2.22. The molecule has 0 saturated heterocycles. The lowest BCUT2D eigenvalue weighted by molar-refractivity contribution is 1.31. The number of hydrogen-bond acceptors (Lipinski definition) is 2. The molecule has 0 fully saturated rings. The lowest BCUT2D eigenvalue weighted by Gasteiger charge is -1.89. The van der Waals surface area contributed by atoms with Crippen molar-refractivity contribution in [2.45, 2.75) is 0 Å². The van der Waals surface area contributed by atoms with Gasteiger partial charge in [-0.3, -0.25) is 9.98 Å². The van der Waals surface area contributed by atoms with Crippen LogP contribution in [0, 0.1) is 0 Å². The highest BCUT2D eigenvalue weighted by atomic mass is 14.8. The van der Waals surface area contributed by atoms with Crippen molar-refractivity contribution in [1.29, 1.82) is 0 Å². The van der Waals surface area contributed by atoms with E-state index >= 15 is 0 Å². The molecule has 0 radical (unpaired) electrons. The van der Waals surface area contributed by atoms with Crippen molar-refractivity contribution in [2.75, 3.05) is 0 Å². The molecule has 0 aliphatic heterocycles. The predicted molar refractivity (Wildman–Crippen MR) is 67.9 cm³/mol. The third-order valence-corrected chi connectivity index (χ3v) is 2.04. The topological polar surface area (TPSA) is 25.2 Å². The van der Waals surface area contributed by atoms with Gasteiger partial charge in [-0.05, 0) is 23.8 Å². The molecule has 0 spiro atoms. The van der Waals surface area contributed by atoms with Crippen LogP contribution in [-0.2, 0) is 0 Å². The average Bonchev–Trinajstić information content (AvgIpc) is 2.37. The van der Waals surface area contributed by atoms with E-state index in [0.29, 0.717) is 0 Å². The molecular formula is C14H12N2. The highest BCUT2D eigenvalue weighted by Gasteiger charge is 1.83. The fourth-order valence-corrected chi connectivity index (χ4v) is 1.28. The molecule has 2 aromatic rings. The van der Waals surface area contributed by atoms with Gasteiger partial charge in [0.1, 0.15) is 0 Å². The van der Waals surface area contributed by atoms with Gasteiger partial charge < -0.3 is 0 Å². The standard InChI is InChI=1S/C14H12N2/c1-2-6-13(7-3-1)8-4-11-16-14-9-5-10-15-12-14/h1-12H/b8-4-,16-11?. The Morgan fingerprint density at radius 1 is 1.00 bits per heavy atom. The molecule has 0 saturated carbocycles. The van der Waals surface area contributed by atoms with E-state index in [2.05, 4.69) is 22.1 Å². The zero-order valence-corrected chi connectivity index (χ0v) is 8.82. The minimum Gasteiger partial charge on any atom is -0.262 e. The van der Waals surface area contributed by atoms with E-state index in [-0.39, 0.29) is 0 Å². The van der Waals surface area contributed by atoms with Gasteiger partial charge in [-0.25, -0.2) is 0 Å². The first-order chi connectivity index (χ1) is 7.95. The molecule has 0 N–H and O–H groups in total. The van der Waals surface area contributed by atoms with E-state index in [1.54, 1.807) is 18.6 Å². The Bertz CT molecular complexity index is 425. The fraction of sp³-hybridized carbons (Fsp3) is 0. The van der Waals surface area contributed by atoms with Crippen molar-refractivity contribution in [1.82, 2.24) is 4.98 Å². The molecule has 2 heteroatoms. The number of benzene rings is 1. The first-order valence-corrected chi connectivity index (χ1v) is 5.11. The van der Waals surface area contributed by atoms with E-state index in [1.807, 2.05) is 42.5 Å². The quantitative estimate of drug-likeness (QED) is 0.709. The second-order valence-electron chi connectivity index (χ2n) is 3.26. The molecule has 16 heavy (non-hydrogen) atoms. The minimum absolute atomic E-state index is 0.861. The number of allylic oxidation sites excluding steroid dienone is 1. The maximum atomic E-state index is 4.25. The Kier molecular flexibility index (Phi) is 3.61. The van der Waals surface area contributed by atoms with Crippen LogP contribution < -0.4 is 0 Å². The van der Waals surface area contributed by atoms with Crippen LogP contribution in [-0.4, -0.2) is 11.2 Å². The second kappa shape index (κ2) is 5.61. The monoisotopic (exact) mass is 208 g/mol. The summed E-state index contributed by atoms with van der Waals surface area (Å²) in [6.07, 6.45) is 9.16. The number of nitrogens with zero attached hydrogens (tertiary/aromatic N) is 2. The lowest BCUT2D eigenvalue weighted by atomic mass is 10.2. The van der Waals surface area contributed by atoms with Crippen LogP contribution in [0.1, 0.15) is 5.56 Å². The van der Waals surface area contributed by atoms with Crippen LogP contribution >= 0.6 is 0 Å². The van der Waals surface area contributed by atoms with Gasteiger partial charge in [0.2, 0.25) is 0 Å². The molecule has 1 aromatic carbocycles. The Labute approximate surface area is 95.0 Å². The maximum Gasteiger partial charge on any atom is 0.0812 e. The Balaban J connectivity index is 1.98. The van der Waals surface area contributed by atoms with Crippen molar-refractivity contribution in [3.63, 3.8) is 0 Å². The molecule has 0 atom stereocenters. The molecule has 0 unspecified atom stereocenters.